The number of anilines is 2. The number of carbonyl (C=O) groups excluding carboxylic acids is 2. The van der Waals surface area contributed by atoms with E-state index in [9.17, 15) is 9.59 Å². The lowest BCUT2D eigenvalue weighted by Gasteiger charge is -2.28. The molecule has 2 saturated heterocycles. The summed E-state index contributed by atoms with van der Waals surface area (Å²) in [5.74, 6) is 0.388. The Hall–Kier alpha value is -3.93. The average molecular weight is 593 g/mol. The molecule has 12 nitrogen and oxygen atoms in total. The third-order valence-corrected chi connectivity index (χ3v) is 7.79. The number of rotatable bonds is 8. The molecule has 4 heterocycles. The van der Waals surface area contributed by atoms with Gasteiger partial charge >= 0.3 is 12.1 Å². The van der Waals surface area contributed by atoms with Gasteiger partial charge in [-0.05, 0) is 70.7 Å². The molecule has 12 heteroatoms. The maximum absolute atomic E-state index is 13.0. The molecule has 0 radical (unpaired) electrons. The van der Waals surface area contributed by atoms with Gasteiger partial charge in [0.2, 0.25) is 11.9 Å². The lowest BCUT2D eigenvalue weighted by atomic mass is 10.1. The fourth-order valence-electron chi connectivity index (χ4n) is 5.35. The molecule has 0 aliphatic carbocycles. The van der Waals surface area contributed by atoms with E-state index >= 15 is 0 Å². The lowest BCUT2D eigenvalue weighted by Crippen LogP contribution is -2.36. The topological polar surface area (TPSA) is 126 Å². The first kappa shape index (κ1) is 30.5. The summed E-state index contributed by atoms with van der Waals surface area (Å²) in [6, 6.07) is 8.04. The van der Waals surface area contributed by atoms with Crippen LogP contribution in [0.5, 0.6) is 6.01 Å². The molecule has 232 valence electrons. The van der Waals surface area contributed by atoms with Crippen molar-refractivity contribution in [3.63, 3.8) is 0 Å². The number of nitrogens with one attached hydrogen (secondary N) is 2. The van der Waals surface area contributed by atoms with Crippen molar-refractivity contribution in [3.05, 3.63) is 41.6 Å². The molecule has 1 atom stereocenters. The van der Waals surface area contributed by atoms with Crippen LogP contribution in [0.25, 0.3) is 5.65 Å². The van der Waals surface area contributed by atoms with Gasteiger partial charge in [-0.25, -0.2) is 4.79 Å². The maximum atomic E-state index is 13.0. The van der Waals surface area contributed by atoms with Gasteiger partial charge in [0.05, 0.1) is 12.1 Å². The van der Waals surface area contributed by atoms with Crippen LogP contribution in [-0.4, -0.2) is 86.3 Å². The molecule has 43 heavy (non-hydrogen) atoms. The highest BCUT2D eigenvalue weighted by atomic mass is 16.6. The monoisotopic (exact) mass is 592 g/mol. The predicted molar refractivity (Wildman–Crippen MR) is 164 cm³/mol. The van der Waals surface area contributed by atoms with Crippen LogP contribution in [0.3, 0.4) is 0 Å². The summed E-state index contributed by atoms with van der Waals surface area (Å²) in [6.07, 6.45) is 3.99. The second-order valence-electron chi connectivity index (χ2n) is 12.9. The van der Waals surface area contributed by atoms with Gasteiger partial charge in [0.15, 0.2) is 5.65 Å². The standard InChI is InChI=1S/C31H44N8O4/c1-20(2)25-18-33-39-26(25)35-29(42-24-11-13-37(6)14-12-24)36-28(39)32-17-21-8-7-9-23(16-21)34-27(40)22-10-15-38(19-22)30(41)43-31(3,4)5/h7-9,16,18,20,22,24H,10-15,17,19H2,1-6H3,(H,34,40)(H,32,35,36). The Balaban J connectivity index is 1.24. The molecular formula is C31H44N8O4. The molecule has 0 bridgehead atoms. The third kappa shape index (κ3) is 7.73. The van der Waals surface area contributed by atoms with Crippen molar-refractivity contribution in [2.45, 2.75) is 78.0 Å². The van der Waals surface area contributed by atoms with E-state index in [4.69, 9.17) is 19.4 Å². The Morgan fingerprint density at radius 1 is 1.09 bits per heavy atom. The molecule has 3 aromatic rings. The maximum Gasteiger partial charge on any atom is 0.410 e. The second kappa shape index (κ2) is 12.7. The van der Waals surface area contributed by atoms with E-state index in [1.807, 2.05) is 51.2 Å². The van der Waals surface area contributed by atoms with Crippen molar-refractivity contribution in [1.82, 2.24) is 29.4 Å². The van der Waals surface area contributed by atoms with Gasteiger partial charge < -0.3 is 29.9 Å². The van der Waals surface area contributed by atoms with Crippen LogP contribution in [0.15, 0.2) is 30.5 Å². The van der Waals surface area contributed by atoms with Gasteiger partial charge in [0, 0.05) is 44.0 Å². The number of ether oxygens (including phenoxy) is 2. The number of likely N-dealkylation sites (tertiary alicyclic amines) is 2. The summed E-state index contributed by atoms with van der Waals surface area (Å²) < 4.78 is 13.4. The number of hydrogen-bond acceptors (Lipinski definition) is 9. The largest absolute Gasteiger partial charge is 0.460 e. The summed E-state index contributed by atoms with van der Waals surface area (Å²) >= 11 is 0. The quantitative estimate of drug-likeness (QED) is 0.388. The van der Waals surface area contributed by atoms with Gasteiger partial charge in [-0.15, -0.1) is 0 Å². The van der Waals surface area contributed by atoms with Crippen molar-refractivity contribution in [2.24, 2.45) is 5.92 Å². The molecule has 1 aromatic carbocycles. The first-order valence-electron chi connectivity index (χ1n) is 15.2. The molecule has 5 rings (SSSR count). The minimum absolute atomic E-state index is 0.0771. The molecule has 2 N–H and O–H groups in total. The number of aromatic nitrogens is 4. The van der Waals surface area contributed by atoms with E-state index in [-0.39, 0.29) is 29.9 Å². The van der Waals surface area contributed by atoms with Crippen molar-refractivity contribution < 1.29 is 19.1 Å². The van der Waals surface area contributed by atoms with Crippen LogP contribution >= 0.6 is 0 Å². The number of nitrogens with zero attached hydrogens (tertiary/aromatic N) is 6. The normalized spacial score (nSPS) is 18.3. The molecule has 2 aromatic heterocycles. The SMILES string of the molecule is CC(C)c1cnn2c(NCc3cccc(NC(=O)C4CCN(C(=O)OC(C)(C)C)C4)c3)nc(OC3CCN(C)CC3)nc12. The first-order chi connectivity index (χ1) is 20.4. The summed E-state index contributed by atoms with van der Waals surface area (Å²) in [4.78, 5) is 38.8. The molecule has 1 unspecified atom stereocenters. The van der Waals surface area contributed by atoms with Crippen LogP contribution in [0, 0.1) is 5.92 Å². The first-order valence-corrected chi connectivity index (χ1v) is 15.2. The fourth-order valence-corrected chi connectivity index (χ4v) is 5.35. The molecule has 2 aliphatic rings. The number of piperidine rings is 1. The Labute approximate surface area is 253 Å². The summed E-state index contributed by atoms with van der Waals surface area (Å²) in [6.45, 7) is 13.0. The van der Waals surface area contributed by atoms with Crippen molar-refractivity contribution in [1.29, 1.82) is 0 Å². The highest BCUT2D eigenvalue weighted by Crippen LogP contribution is 2.25. The second-order valence-corrected chi connectivity index (χ2v) is 12.9. The zero-order valence-corrected chi connectivity index (χ0v) is 26.1. The summed E-state index contributed by atoms with van der Waals surface area (Å²) in [7, 11) is 2.12. The van der Waals surface area contributed by atoms with E-state index in [1.165, 1.54) is 0 Å². The van der Waals surface area contributed by atoms with E-state index in [0.29, 0.717) is 43.7 Å². The van der Waals surface area contributed by atoms with Gasteiger partial charge in [-0.2, -0.15) is 19.6 Å². The summed E-state index contributed by atoms with van der Waals surface area (Å²) in [5.41, 5.74) is 2.84. The number of benzene rings is 1. The predicted octanol–water partition coefficient (Wildman–Crippen LogP) is 4.53. The van der Waals surface area contributed by atoms with Crippen LogP contribution in [0.4, 0.5) is 16.4 Å². The minimum Gasteiger partial charge on any atom is -0.460 e. The average Bonchev–Trinajstić information content (AvgIpc) is 3.61. The van der Waals surface area contributed by atoms with Crippen LogP contribution in [0.2, 0.25) is 0 Å². The van der Waals surface area contributed by atoms with Gasteiger partial charge in [0.25, 0.3) is 0 Å². The van der Waals surface area contributed by atoms with E-state index in [1.54, 1.807) is 9.42 Å². The molecule has 2 aliphatic heterocycles. The van der Waals surface area contributed by atoms with E-state index < -0.39 is 5.60 Å². The number of amides is 2. The molecule has 2 fully saturated rings. The zero-order valence-electron chi connectivity index (χ0n) is 26.1. The molecule has 0 spiro atoms. The zero-order chi connectivity index (χ0) is 30.7. The Bertz CT molecular complexity index is 1440. The number of carbonyl (C=O) groups is 2. The molecule has 2 amide bonds. The number of fused-ring (bicyclic) bond motifs is 1. The Morgan fingerprint density at radius 2 is 1.86 bits per heavy atom. The minimum atomic E-state index is -0.571. The Morgan fingerprint density at radius 3 is 2.58 bits per heavy atom. The molecular weight excluding hydrogens is 548 g/mol. The summed E-state index contributed by atoms with van der Waals surface area (Å²) in [5, 5.41) is 11.0. The van der Waals surface area contributed by atoms with Gasteiger partial charge in [0.1, 0.15) is 11.7 Å². The highest BCUT2D eigenvalue weighted by Gasteiger charge is 2.33. The Kier molecular flexibility index (Phi) is 9.05. The van der Waals surface area contributed by atoms with E-state index in [0.717, 1.165) is 42.7 Å². The van der Waals surface area contributed by atoms with Crippen LogP contribution in [-0.2, 0) is 16.1 Å². The molecule has 0 saturated carbocycles. The van der Waals surface area contributed by atoms with Crippen molar-refractivity contribution in [3.8, 4) is 6.01 Å². The van der Waals surface area contributed by atoms with Crippen LogP contribution in [0.1, 0.15) is 70.9 Å². The smallest absolute Gasteiger partial charge is 0.410 e. The lowest BCUT2D eigenvalue weighted by molar-refractivity contribution is -0.119. The van der Waals surface area contributed by atoms with Gasteiger partial charge in [-0.1, -0.05) is 26.0 Å². The third-order valence-electron chi connectivity index (χ3n) is 7.79. The van der Waals surface area contributed by atoms with Crippen molar-refractivity contribution >= 4 is 29.3 Å². The van der Waals surface area contributed by atoms with Gasteiger partial charge in [-0.3, -0.25) is 4.79 Å². The number of hydrogen-bond donors (Lipinski definition) is 2. The van der Waals surface area contributed by atoms with Crippen LogP contribution < -0.4 is 15.4 Å². The fraction of sp³-hybridized carbons (Fsp3) is 0.581. The van der Waals surface area contributed by atoms with E-state index in [2.05, 4.69) is 41.5 Å². The van der Waals surface area contributed by atoms with Crippen molar-refractivity contribution in [2.75, 3.05) is 43.9 Å². The highest BCUT2D eigenvalue weighted by molar-refractivity contribution is 5.93.